The minimum atomic E-state index is 0.833. The minimum absolute atomic E-state index is 0.833. The van der Waals surface area contributed by atoms with Crippen molar-refractivity contribution in [1.82, 2.24) is 9.47 Å². The predicted octanol–water partition coefficient (Wildman–Crippen LogP) is 5.25. The van der Waals surface area contributed by atoms with E-state index in [1.807, 2.05) is 24.3 Å². The molecule has 4 nitrogen and oxygen atoms in total. The number of thiophene rings is 1. The van der Waals surface area contributed by atoms with Crippen LogP contribution < -0.4 is 9.54 Å². The second kappa shape index (κ2) is 9.88. The third-order valence-corrected chi connectivity index (χ3v) is 6.36. The standard InChI is InChI=1S/C21H27N3OS2/c1-4-23(5-2)12-8-13-24-19(20-11-7-14-26-20)16-27-21(24)22-17-9-6-10-18(15-17)25-3/h6-7,9-11,14-16H,4-5,8,12-13H2,1-3H3. The van der Waals surface area contributed by atoms with E-state index in [0.29, 0.717) is 0 Å². The van der Waals surface area contributed by atoms with E-state index < -0.39 is 0 Å². The Bertz CT molecular complexity index is 892. The Morgan fingerprint density at radius 3 is 2.67 bits per heavy atom. The average molecular weight is 402 g/mol. The molecule has 27 heavy (non-hydrogen) atoms. The van der Waals surface area contributed by atoms with E-state index in [-0.39, 0.29) is 0 Å². The van der Waals surface area contributed by atoms with Gasteiger partial charge in [-0.2, -0.15) is 0 Å². The zero-order valence-electron chi connectivity index (χ0n) is 16.2. The van der Waals surface area contributed by atoms with E-state index in [0.717, 1.165) is 48.8 Å². The molecule has 0 saturated heterocycles. The average Bonchev–Trinajstić information content (AvgIpc) is 3.36. The summed E-state index contributed by atoms with van der Waals surface area (Å²) in [4.78, 5) is 9.71. The Labute approximate surface area is 169 Å². The molecule has 0 amide bonds. The van der Waals surface area contributed by atoms with Gasteiger partial charge >= 0.3 is 0 Å². The molecule has 0 aliphatic rings. The second-order valence-corrected chi connectivity index (χ2v) is 8.01. The van der Waals surface area contributed by atoms with Crippen LogP contribution in [0, 0.1) is 0 Å². The minimum Gasteiger partial charge on any atom is -0.497 e. The molecule has 0 radical (unpaired) electrons. The summed E-state index contributed by atoms with van der Waals surface area (Å²) in [5, 5.41) is 4.36. The first-order valence-corrected chi connectivity index (χ1v) is 11.1. The number of thiazole rings is 1. The lowest BCUT2D eigenvalue weighted by atomic mass is 10.3. The Balaban J connectivity index is 1.92. The Morgan fingerprint density at radius 1 is 1.11 bits per heavy atom. The molecule has 0 bridgehead atoms. The molecule has 6 heteroatoms. The van der Waals surface area contributed by atoms with Gasteiger partial charge in [0.1, 0.15) is 5.75 Å². The third-order valence-electron chi connectivity index (χ3n) is 4.60. The van der Waals surface area contributed by atoms with Gasteiger partial charge in [0.2, 0.25) is 0 Å². The number of ether oxygens (including phenoxy) is 1. The molecular weight excluding hydrogens is 374 g/mol. The van der Waals surface area contributed by atoms with E-state index in [9.17, 15) is 0 Å². The largest absolute Gasteiger partial charge is 0.497 e. The number of methoxy groups -OCH3 is 1. The zero-order valence-corrected chi connectivity index (χ0v) is 17.9. The SMILES string of the molecule is CCN(CC)CCCn1c(-c2cccs2)csc1=Nc1cccc(OC)c1. The van der Waals surface area contributed by atoms with Gasteiger partial charge in [-0.15, -0.1) is 22.7 Å². The summed E-state index contributed by atoms with van der Waals surface area (Å²) >= 11 is 3.48. The summed E-state index contributed by atoms with van der Waals surface area (Å²) in [6.07, 6.45) is 1.11. The maximum atomic E-state index is 5.34. The smallest absolute Gasteiger partial charge is 0.190 e. The molecule has 0 N–H and O–H groups in total. The first-order valence-electron chi connectivity index (χ1n) is 9.38. The predicted molar refractivity (Wildman–Crippen MR) is 116 cm³/mol. The summed E-state index contributed by atoms with van der Waals surface area (Å²) in [5.74, 6) is 0.833. The lowest BCUT2D eigenvalue weighted by Crippen LogP contribution is -2.26. The topological polar surface area (TPSA) is 29.8 Å². The Kier molecular flexibility index (Phi) is 7.26. The number of aromatic nitrogens is 1. The molecule has 1 aromatic carbocycles. The van der Waals surface area contributed by atoms with E-state index in [1.54, 1.807) is 29.8 Å². The van der Waals surface area contributed by atoms with Crippen LogP contribution in [0.2, 0.25) is 0 Å². The number of hydrogen-bond acceptors (Lipinski definition) is 5. The van der Waals surface area contributed by atoms with Crippen LogP contribution >= 0.6 is 22.7 Å². The molecule has 0 unspecified atom stereocenters. The Morgan fingerprint density at radius 2 is 1.96 bits per heavy atom. The highest BCUT2D eigenvalue weighted by Crippen LogP contribution is 2.26. The van der Waals surface area contributed by atoms with Crippen LogP contribution in [0.5, 0.6) is 5.75 Å². The molecule has 0 aliphatic carbocycles. The zero-order chi connectivity index (χ0) is 19.1. The summed E-state index contributed by atoms with van der Waals surface area (Å²) in [6, 6.07) is 12.2. The maximum absolute atomic E-state index is 5.34. The molecule has 3 rings (SSSR count). The highest BCUT2D eigenvalue weighted by atomic mass is 32.1. The van der Waals surface area contributed by atoms with Gasteiger partial charge in [0.15, 0.2) is 4.80 Å². The first-order chi connectivity index (χ1) is 13.2. The van der Waals surface area contributed by atoms with Gasteiger partial charge in [-0.05, 0) is 49.6 Å². The molecule has 0 aliphatic heterocycles. The fraction of sp³-hybridized carbons (Fsp3) is 0.381. The lowest BCUT2D eigenvalue weighted by molar-refractivity contribution is 0.293. The molecule has 0 saturated carbocycles. The van der Waals surface area contributed by atoms with Crippen LogP contribution in [0.1, 0.15) is 20.3 Å². The normalized spacial score (nSPS) is 12.1. The van der Waals surface area contributed by atoms with Crippen LogP contribution in [0.15, 0.2) is 52.2 Å². The van der Waals surface area contributed by atoms with Gasteiger partial charge in [-0.3, -0.25) is 0 Å². The summed E-state index contributed by atoms with van der Waals surface area (Å²) in [7, 11) is 1.69. The molecule has 144 valence electrons. The fourth-order valence-electron chi connectivity index (χ4n) is 3.04. The van der Waals surface area contributed by atoms with Gasteiger partial charge in [-0.25, -0.2) is 4.99 Å². The van der Waals surface area contributed by atoms with Crippen molar-refractivity contribution in [3.8, 4) is 16.3 Å². The lowest BCUT2D eigenvalue weighted by Gasteiger charge is -2.18. The maximum Gasteiger partial charge on any atom is 0.190 e. The van der Waals surface area contributed by atoms with Crippen molar-refractivity contribution in [1.29, 1.82) is 0 Å². The van der Waals surface area contributed by atoms with Crippen LogP contribution in [0.25, 0.3) is 10.6 Å². The van der Waals surface area contributed by atoms with Crippen molar-refractivity contribution >= 4 is 28.4 Å². The summed E-state index contributed by atoms with van der Waals surface area (Å²) in [6.45, 7) is 8.73. The second-order valence-electron chi connectivity index (χ2n) is 6.23. The van der Waals surface area contributed by atoms with Gasteiger partial charge in [0.25, 0.3) is 0 Å². The molecule has 0 atom stereocenters. The number of nitrogens with zero attached hydrogens (tertiary/aromatic N) is 3. The quantitative estimate of drug-likeness (QED) is 0.490. The highest BCUT2D eigenvalue weighted by molar-refractivity contribution is 7.14. The van der Waals surface area contributed by atoms with E-state index in [2.05, 4.69) is 46.2 Å². The summed E-state index contributed by atoms with van der Waals surface area (Å²) < 4.78 is 7.70. The molecular formula is C21H27N3OS2. The van der Waals surface area contributed by atoms with Crippen molar-refractivity contribution < 1.29 is 4.74 Å². The van der Waals surface area contributed by atoms with Crippen molar-refractivity contribution in [3.63, 3.8) is 0 Å². The monoisotopic (exact) mass is 401 g/mol. The van der Waals surface area contributed by atoms with E-state index in [4.69, 9.17) is 9.73 Å². The van der Waals surface area contributed by atoms with Gasteiger partial charge in [0, 0.05) is 18.0 Å². The molecule has 2 heterocycles. The molecule has 2 aromatic heterocycles. The van der Waals surface area contributed by atoms with Crippen molar-refractivity contribution in [2.45, 2.75) is 26.8 Å². The van der Waals surface area contributed by atoms with Gasteiger partial charge in [-0.1, -0.05) is 26.0 Å². The highest BCUT2D eigenvalue weighted by Gasteiger charge is 2.10. The van der Waals surface area contributed by atoms with Crippen LogP contribution in [-0.2, 0) is 6.54 Å². The first kappa shape index (κ1) is 19.9. The number of benzene rings is 1. The third kappa shape index (κ3) is 5.09. The van der Waals surface area contributed by atoms with E-state index >= 15 is 0 Å². The van der Waals surface area contributed by atoms with E-state index in [1.165, 1.54) is 10.6 Å². The molecule has 3 aromatic rings. The molecule has 0 spiro atoms. The van der Waals surface area contributed by atoms with Crippen molar-refractivity contribution in [3.05, 3.63) is 52.0 Å². The van der Waals surface area contributed by atoms with Crippen molar-refractivity contribution in [2.24, 2.45) is 4.99 Å². The number of rotatable bonds is 9. The van der Waals surface area contributed by atoms with Crippen LogP contribution in [0.3, 0.4) is 0 Å². The van der Waals surface area contributed by atoms with Crippen LogP contribution in [-0.4, -0.2) is 36.2 Å². The summed E-state index contributed by atoms with van der Waals surface area (Å²) in [5.41, 5.74) is 2.18. The van der Waals surface area contributed by atoms with Crippen molar-refractivity contribution in [2.75, 3.05) is 26.7 Å². The molecule has 0 fully saturated rings. The van der Waals surface area contributed by atoms with Gasteiger partial charge in [0.05, 0.1) is 23.4 Å². The Hall–Kier alpha value is -1.89. The number of hydrogen-bond donors (Lipinski definition) is 0. The van der Waals surface area contributed by atoms with Gasteiger partial charge < -0.3 is 14.2 Å². The fourth-order valence-corrected chi connectivity index (χ4v) is 4.81. The van der Waals surface area contributed by atoms with Crippen LogP contribution in [0.4, 0.5) is 5.69 Å².